The molecule has 1 amide bonds. The van der Waals surface area contributed by atoms with E-state index in [1.54, 1.807) is 47.1 Å². The Morgan fingerprint density at radius 1 is 1.24 bits per heavy atom. The third-order valence-corrected chi connectivity index (χ3v) is 4.53. The molecule has 136 valence electrons. The summed E-state index contributed by atoms with van der Waals surface area (Å²) in [7, 11) is 3.10. The summed E-state index contributed by atoms with van der Waals surface area (Å²) in [6.07, 6.45) is -0.131. The maximum Gasteiger partial charge on any atom is 0.336 e. The largest absolute Gasteiger partial charge is 0.496 e. The quantitative estimate of drug-likeness (QED) is 0.752. The minimum absolute atomic E-state index is 0.126. The molecular formula is C18H22BrNO5. The van der Waals surface area contributed by atoms with Gasteiger partial charge in [0.25, 0.3) is 0 Å². The van der Waals surface area contributed by atoms with Crippen LogP contribution in [0.3, 0.4) is 0 Å². The number of carbonyl (C=O) groups is 2. The normalized spacial score (nSPS) is 17.4. The van der Waals surface area contributed by atoms with Crippen molar-refractivity contribution in [1.82, 2.24) is 5.32 Å². The smallest absolute Gasteiger partial charge is 0.336 e. The molecule has 0 saturated carbocycles. The molecule has 1 aromatic carbocycles. The second kappa shape index (κ2) is 7.91. The number of rotatable bonds is 5. The van der Waals surface area contributed by atoms with Crippen LogP contribution in [0.5, 0.6) is 11.5 Å². The van der Waals surface area contributed by atoms with Crippen molar-refractivity contribution in [3.05, 3.63) is 33.4 Å². The van der Waals surface area contributed by atoms with Gasteiger partial charge in [0.05, 0.1) is 30.4 Å². The van der Waals surface area contributed by atoms with Crippen LogP contribution in [0.25, 0.3) is 0 Å². The van der Waals surface area contributed by atoms with Crippen LogP contribution in [0.2, 0.25) is 0 Å². The van der Waals surface area contributed by atoms with E-state index in [-0.39, 0.29) is 18.4 Å². The molecule has 0 unspecified atom stereocenters. The van der Waals surface area contributed by atoms with Crippen LogP contribution in [0.15, 0.2) is 27.9 Å². The number of methoxy groups -OCH3 is 2. The lowest BCUT2D eigenvalue weighted by atomic mass is 9.84. The fraction of sp³-hybridized carbons (Fsp3) is 0.444. The van der Waals surface area contributed by atoms with Crippen LogP contribution in [-0.2, 0) is 14.3 Å². The predicted octanol–water partition coefficient (Wildman–Crippen LogP) is 3.30. The van der Waals surface area contributed by atoms with Crippen molar-refractivity contribution in [2.24, 2.45) is 0 Å². The number of hydrogen-bond donors (Lipinski definition) is 1. The van der Waals surface area contributed by atoms with Crippen molar-refractivity contribution in [3.8, 4) is 11.5 Å². The van der Waals surface area contributed by atoms with E-state index in [9.17, 15) is 9.59 Å². The number of carbonyl (C=O) groups excluding carboxylic acids is 2. The molecule has 1 heterocycles. The van der Waals surface area contributed by atoms with Crippen LogP contribution in [0.4, 0.5) is 0 Å². The van der Waals surface area contributed by atoms with Gasteiger partial charge in [-0.2, -0.15) is 0 Å². The molecule has 0 saturated heterocycles. The SMILES string of the molecule is COc1cc([C@H]2CC(=O)NC(C)=C2C(=O)OC(C)C)c(OC)cc1Br. The first-order valence-corrected chi connectivity index (χ1v) is 8.70. The monoisotopic (exact) mass is 411 g/mol. The van der Waals surface area contributed by atoms with Crippen molar-refractivity contribution in [2.45, 2.75) is 39.2 Å². The molecular weight excluding hydrogens is 390 g/mol. The van der Waals surface area contributed by atoms with Crippen molar-refractivity contribution in [2.75, 3.05) is 14.2 Å². The summed E-state index contributed by atoms with van der Waals surface area (Å²) in [4.78, 5) is 24.7. The molecule has 0 fully saturated rings. The number of benzene rings is 1. The summed E-state index contributed by atoms with van der Waals surface area (Å²) in [5.41, 5.74) is 1.62. The summed E-state index contributed by atoms with van der Waals surface area (Å²) >= 11 is 3.42. The Bertz CT molecular complexity index is 726. The molecule has 6 nitrogen and oxygen atoms in total. The van der Waals surface area contributed by atoms with Gasteiger partial charge in [0, 0.05) is 23.6 Å². The average Bonchev–Trinajstić information content (AvgIpc) is 2.52. The molecule has 0 spiro atoms. The first-order valence-electron chi connectivity index (χ1n) is 7.91. The van der Waals surface area contributed by atoms with Gasteiger partial charge >= 0.3 is 5.97 Å². The van der Waals surface area contributed by atoms with Gasteiger partial charge in [-0.15, -0.1) is 0 Å². The Labute approximate surface area is 155 Å². The van der Waals surface area contributed by atoms with Crippen LogP contribution in [-0.4, -0.2) is 32.2 Å². The van der Waals surface area contributed by atoms with Crippen molar-refractivity contribution >= 4 is 27.8 Å². The van der Waals surface area contributed by atoms with Gasteiger partial charge in [-0.3, -0.25) is 4.79 Å². The molecule has 1 aliphatic rings. The lowest BCUT2D eigenvalue weighted by Crippen LogP contribution is -2.34. The molecule has 7 heteroatoms. The number of nitrogens with one attached hydrogen (secondary N) is 1. The molecule has 2 rings (SSSR count). The van der Waals surface area contributed by atoms with Crippen LogP contribution in [0.1, 0.15) is 38.7 Å². The number of ether oxygens (including phenoxy) is 3. The van der Waals surface area contributed by atoms with Gasteiger partial charge in [-0.1, -0.05) is 0 Å². The second-order valence-corrected chi connectivity index (χ2v) is 6.88. The molecule has 0 aromatic heterocycles. The van der Waals surface area contributed by atoms with E-state index < -0.39 is 11.9 Å². The van der Waals surface area contributed by atoms with Crippen molar-refractivity contribution in [3.63, 3.8) is 0 Å². The predicted molar refractivity (Wildman–Crippen MR) is 96.7 cm³/mol. The number of allylic oxidation sites excluding steroid dienone is 1. The van der Waals surface area contributed by atoms with Gasteiger partial charge in [0.15, 0.2) is 0 Å². The minimum Gasteiger partial charge on any atom is -0.496 e. The number of esters is 1. The van der Waals surface area contributed by atoms with Crippen LogP contribution < -0.4 is 14.8 Å². The minimum atomic E-state index is -0.475. The number of amides is 1. The van der Waals surface area contributed by atoms with Gasteiger partial charge < -0.3 is 19.5 Å². The summed E-state index contributed by atoms with van der Waals surface area (Å²) in [5.74, 6) is 0.0805. The maximum absolute atomic E-state index is 12.6. The standard InChI is InChI=1S/C18H22BrNO5/c1-9(2)25-18(22)17-10(3)20-16(21)7-12(17)11-6-15(24-5)13(19)8-14(11)23-4/h6,8-9,12H,7H2,1-5H3,(H,20,21)/t12-/m1/s1. The van der Waals surface area contributed by atoms with E-state index >= 15 is 0 Å². The maximum atomic E-state index is 12.6. The van der Waals surface area contributed by atoms with E-state index in [4.69, 9.17) is 14.2 Å². The van der Waals surface area contributed by atoms with Gasteiger partial charge in [-0.05, 0) is 48.8 Å². The molecule has 1 atom stereocenters. The molecule has 1 N–H and O–H groups in total. The Hall–Kier alpha value is -2.02. The van der Waals surface area contributed by atoms with Crippen LogP contribution in [0, 0.1) is 0 Å². The zero-order valence-electron chi connectivity index (χ0n) is 14.9. The zero-order chi connectivity index (χ0) is 18.7. The molecule has 25 heavy (non-hydrogen) atoms. The molecule has 1 aromatic rings. The molecule has 0 bridgehead atoms. The highest BCUT2D eigenvalue weighted by Crippen LogP contribution is 2.42. The third kappa shape index (κ3) is 4.15. The lowest BCUT2D eigenvalue weighted by molar-refractivity contribution is -0.143. The average molecular weight is 412 g/mol. The Morgan fingerprint density at radius 3 is 2.44 bits per heavy atom. The third-order valence-electron chi connectivity index (χ3n) is 3.91. The highest BCUT2D eigenvalue weighted by atomic mass is 79.9. The zero-order valence-corrected chi connectivity index (χ0v) is 16.5. The van der Waals surface area contributed by atoms with Gasteiger partial charge in [0.1, 0.15) is 11.5 Å². The van der Waals surface area contributed by atoms with E-state index in [1.807, 2.05) is 0 Å². The summed E-state index contributed by atoms with van der Waals surface area (Å²) in [5, 5.41) is 2.72. The Morgan fingerprint density at radius 2 is 1.88 bits per heavy atom. The first-order chi connectivity index (χ1) is 11.8. The number of hydrogen-bond acceptors (Lipinski definition) is 5. The number of halogens is 1. The van der Waals surface area contributed by atoms with E-state index in [0.717, 1.165) is 4.47 Å². The Kier molecular flexibility index (Phi) is 6.11. The van der Waals surface area contributed by atoms with E-state index in [1.165, 1.54) is 0 Å². The van der Waals surface area contributed by atoms with E-state index in [2.05, 4.69) is 21.2 Å². The highest BCUT2D eigenvalue weighted by molar-refractivity contribution is 9.10. The van der Waals surface area contributed by atoms with Crippen LogP contribution >= 0.6 is 15.9 Å². The van der Waals surface area contributed by atoms with Gasteiger partial charge in [-0.25, -0.2) is 4.79 Å². The first kappa shape index (κ1) is 19.3. The second-order valence-electron chi connectivity index (χ2n) is 6.03. The summed E-state index contributed by atoms with van der Waals surface area (Å²) in [6, 6.07) is 3.55. The van der Waals surface area contributed by atoms with Crippen molar-refractivity contribution in [1.29, 1.82) is 0 Å². The van der Waals surface area contributed by atoms with Gasteiger partial charge in [0.2, 0.25) is 5.91 Å². The van der Waals surface area contributed by atoms with E-state index in [0.29, 0.717) is 28.3 Å². The summed E-state index contributed by atoms with van der Waals surface area (Å²) in [6.45, 7) is 5.27. The fourth-order valence-electron chi connectivity index (χ4n) is 2.87. The highest BCUT2D eigenvalue weighted by Gasteiger charge is 2.35. The molecule has 1 aliphatic heterocycles. The topological polar surface area (TPSA) is 73.9 Å². The fourth-order valence-corrected chi connectivity index (χ4v) is 3.36. The Balaban J connectivity index is 2.59. The molecule has 0 aliphatic carbocycles. The lowest BCUT2D eigenvalue weighted by Gasteiger charge is -2.28. The molecule has 0 radical (unpaired) electrons. The summed E-state index contributed by atoms with van der Waals surface area (Å²) < 4.78 is 16.9. The van der Waals surface area contributed by atoms with Crippen molar-refractivity contribution < 1.29 is 23.8 Å².